The van der Waals surface area contributed by atoms with Gasteiger partial charge in [0.25, 0.3) is 0 Å². The fourth-order valence-corrected chi connectivity index (χ4v) is 4.41. The van der Waals surface area contributed by atoms with Crippen LogP contribution in [0.25, 0.3) is 11.3 Å². The molecule has 0 radical (unpaired) electrons. The maximum Gasteiger partial charge on any atom is 0.228 e. The normalized spacial score (nSPS) is 23.8. The molecule has 0 unspecified atom stereocenters. The number of nitrogens with two attached hydrogens (primary N) is 1. The predicted molar refractivity (Wildman–Crippen MR) is 115 cm³/mol. The highest BCUT2D eigenvalue weighted by Crippen LogP contribution is 2.40. The van der Waals surface area contributed by atoms with Crippen molar-refractivity contribution in [2.45, 2.75) is 25.3 Å². The number of nitrogens with one attached hydrogen (secondary N) is 1. The number of aromatic nitrogens is 4. The van der Waals surface area contributed by atoms with Gasteiger partial charge in [-0.15, -0.1) is 12.4 Å². The van der Waals surface area contributed by atoms with Gasteiger partial charge in [0.15, 0.2) is 0 Å². The Bertz CT molecular complexity index is 865. The number of rotatable bonds is 3. The zero-order chi connectivity index (χ0) is 19.1. The monoisotopic (exact) mass is 418 g/mol. The smallest absolute Gasteiger partial charge is 0.228 e. The minimum atomic E-state index is 0. The van der Waals surface area contributed by atoms with E-state index >= 15 is 0 Å². The van der Waals surface area contributed by atoms with Crippen LogP contribution in [0.3, 0.4) is 0 Å². The molecule has 156 valence electrons. The molecule has 5 heterocycles. The number of hydrogen-bond donors (Lipinski definition) is 2. The summed E-state index contributed by atoms with van der Waals surface area (Å²) in [5.74, 6) is 2.08. The fraction of sp³-hybridized carbons (Fsp3) is 0.579. The van der Waals surface area contributed by atoms with Crippen molar-refractivity contribution in [3.8, 4) is 11.3 Å². The lowest BCUT2D eigenvalue weighted by molar-refractivity contribution is 0.122. The number of fused-ring (bicyclic) bond motifs is 1. The lowest BCUT2D eigenvalue weighted by Crippen LogP contribution is -2.47. The minimum absolute atomic E-state index is 0. The molecule has 3 N–H and O–H groups in total. The van der Waals surface area contributed by atoms with E-state index in [0.29, 0.717) is 13.2 Å². The average molecular weight is 419 g/mol. The van der Waals surface area contributed by atoms with Gasteiger partial charge in [-0.3, -0.25) is 0 Å². The van der Waals surface area contributed by atoms with Gasteiger partial charge in [-0.2, -0.15) is 4.98 Å². The highest BCUT2D eigenvalue weighted by Gasteiger charge is 2.40. The Morgan fingerprint density at radius 2 is 1.90 bits per heavy atom. The van der Waals surface area contributed by atoms with Gasteiger partial charge < -0.3 is 25.6 Å². The van der Waals surface area contributed by atoms with Crippen molar-refractivity contribution in [3.63, 3.8) is 0 Å². The third kappa shape index (κ3) is 3.58. The van der Waals surface area contributed by atoms with Gasteiger partial charge in [-0.05, 0) is 26.3 Å². The molecule has 3 aliphatic rings. The van der Waals surface area contributed by atoms with Crippen molar-refractivity contribution in [1.29, 1.82) is 0 Å². The number of halogens is 1. The van der Waals surface area contributed by atoms with Gasteiger partial charge in [-0.25, -0.2) is 15.0 Å². The number of morpholine rings is 1. The second-order valence-corrected chi connectivity index (χ2v) is 7.93. The molecule has 10 heteroatoms. The van der Waals surface area contributed by atoms with Gasteiger partial charge in [0.05, 0.1) is 24.4 Å². The van der Waals surface area contributed by atoms with Crippen LogP contribution >= 0.6 is 12.4 Å². The van der Waals surface area contributed by atoms with Crippen molar-refractivity contribution >= 4 is 30.1 Å². The number of hydrogen-bond acceptors (Lipinski definition) is 9. The van der Waals surface area contributed by atoms with E-state index in [2.05, 4.69) is 32.0 Å². The van der Waals surface area contributed by atoms with Crippen LogP contribution < -0.4 is 20.9 Å². The maximum absolute atomic E-state index is 5.69. The molecule has 0 aliphatic carbocycles. The molecule has 2 aromatic heterocycles. The molecule has 5 rings (SSSR count). The second-order valence-electron chi connectivity index (χ2n) is 7.93. The highest BCUT2D eigenvalue weighted by molar-refractivity contribution is 5.85. The Kier molecular flexibility index (Phi) is 5.46. The van der Waals surface area contributed by atoms with Crippen molar-refractivity contribution in [2.24, 2.45) is 0 Å². The summed E-state index contributed by atoms with van der Waals surface area (Å²) in [5.41, 5.74) is 8.76. The molecule has 2 saturated heterocycles. The van der Waals surface area contributed by atoms with E-state index in [1.165, 1.54) is 5.56 Å². The largest absolute Gasteiger partial charge is 0.378 e. The first-order chi connectivity index (χ1) is 13.6. The topological polar surface area (TPSA) is 105 Å². The molecule has 0 spiro atoms. The Labute approximate surface area is 176 Å². The molecule has 3 aliphatic heterocycles. The van der Waals surface area contributed by atoms with Crippen molar-refractivity contribution in [1.82, 2.24) is 25.3 Å². The third-order valence-corrected chi connectivity index (χ3v) is 6.05. The standard InChI is InChI=1S/C19H26N8O.ClH/c1-19(3-4-21-12-19)27-5-2-14-15(13-10-22-17(20)23-11-13)24-18(25-16(14)27)26-6-8-28-9-7-26;/h10-11,21H,2-9,12H2,1H3,(H2,20,22,23);1H/t19-;/m0./s1. The lowest BCUT2D eigenvalue weighted by Gasteiger charge is -2.37. The van der Waals surface area contributed by atoms with E-state index in [-0.39, 0.29) is 23.9 Å². The molecular weight excluding hydrogens is 392 g/mol. The van der Waals surface area contributed by atoms with Crippen LogP contribution in [0.2, 0.25) is 0 Å². The molecule has 2 fully saturated rings. The van der Waals surface area contributed by atoms with Gasteiger partial charge in [-0.1, -0.05) is 0 Å². The summed E-state index contributed by atoms with van der Waals surface area (Å²) >= 11 is 0. The molecule has 0 aromatic carbocycles. The van der Waals surface area contributed by atoms with Crippen molar-refractivity contribution in [3.05, 3.63) is 18.0 Å². The maximum atomic E-state index is 5.69. The van der Waals surface area contributed by atoms with E-state index in [1.807, 2.05) is 0 Å². The second kappa shape index (κ2) is 7.89. The summed E-state index contributed by atoms with van der Waals surface area (Å²) in [7, 11) is 0. The van der Waals surface area contributed by atoms with Crippen LogP contribution in [0.5, 0.6) is 0 Å². The van der Waals surface area contributed by atoms with Crippen LogP contribution in [-0.4, -0.2) is 71.4 Å². The van der Waals surface area contributed by atoms with Crippen LogP contribution in [0.1, 0.15) is 18.9 Å². The molecule has 0 amide bonds. The summed E-state index contributed by atoms with van der Waals surface area (Å²) < 4.78 is 5.51. The number of nitrogen functional groups attached to an aromatic ring is 1. The van der Waals surface area contributed by atoms with Gasteiger partial charge >= 0.3 is 0 Å². The number of nitrogens with zero attached hydrogens (tertiary/aromatic N) is 6. The van der Waals surface area contributed by atoms with Crippen molar-refractivity contribution in [2.75, 3.05) is 61.5 Å². The van der Waals surface area contributed by atoms with E-state index in [9.17, 15) is 0 Å². The SMILES string of the molecule is C[C@]1(N2CCc3c(-c4cnc(N)nc4)nc(N4CCOCC4)nc32)CCNC1.Cl. The first-order valence-electron chi connectivity index (χ1n) is 9.94. The van der Waals surface area contributed by atoms with Crippen molar-refractivity contribution < 1.29 is 4.74 Å². The van der Waals surface area contributed by atoms with Gasteiger partial charge in [0.1, 0.15) is 5.82 Å². The zero-order valence-corrected chi connectivity index (χ0v) is 17.4. The minimum Gasteiger partial charge on any atom is -0.378 e. The predicted octanol–water partition coefficient (Wildman–Crippen LogP) is 0.889. The summed E-state index contributed by atoms with van der Waals surface area (Å²) in [5, 5.41) is 3.51. The quantitative estimate of drug-likeness (QED) is 0.751. The Morgan fingerprint density at radius 1 is 1.14 bits per heavy atom. The molecule has 9 nitrogen and oxygen atoms in total. The molecular formula is C19H27ClN8O. The molecule has 29 heavy (non-hydrogen) atoms. The third-order valence-electron chi connectivity index (χ3n) is 6.05. The average Bonchev–Trinajstić information content (AvgIpc) is 3.36. The van der Waals surface area contributed by atoms with E-state index in [1.54, 1.807) is 12.4 Å². The summed E-state index contributed by atoms with van der Waals surface area (Å²) in [6.07, 6.45) is 5.56. The fourth-order valence-electron chi connectivity index (χ4n) is 4.41. The van der Waals surface area contributed by atoms with E-state index < -0.39 is 0 Å². The van der Waals surface area contributed by atoms with E-state index in [0.717, 1.165) is 68.6 Å². The summed E-state index contributed by atoms with van der Waals surface area (Å²) in [6, 6.07) is 0. The van der Waals surface area contributed by atoms with Crippen LogP contribution in [0, 0.1) is 0 Å². The Morgan fingerprint density at radius 3 is 2.59 bits per heavy atom. The summed E-state index contributed by atoms with van der Waals surface area (Å²) in [6.45, 7) is 8.30. The van der Waals surface area contributed by atoms with Crippen LogP contribution in [0.4, 0.5) is 17.7 Å². The summed E-state index contributed by atoms with van der Waals surface area (Å²) in [4.78, 5) is 23.0. The molecule has 0 saturated carbocycles. The molecule has 0 bridgehead atoms. The Balaban J connectivity index is 0.00000205. The highest BCUT2D eigenvalue weighted by atomic mass is 35.5. The number of ether oxygens (including phenoxy) is 1. The van der Waals surface area contributed by atoms with Gasteiger partial charge in [0.2, 0.25) is 11.9 Å². The van der Waals surface area contributed by atoms with Gasteiger partial charge in [0, 0.05) is 49.7 Å². The Hall–Kier alpha value is -2.23. The number of anilines is 3. The first-order valence-corrected chi connectivity index (χ1v) is 9.94. The van der Waals surface area contributed by atoms with Crippen LogP contribution in [0.15, 0.2) is 12.4 Å². The van der Waals surface area contributed by atoms with E-state index in [4.69, 9.17) is 20.4 Å². The molecule has 2 aromatic rings. The van der Waals surface area contributed by atoms with Crippen LogP contribution in [-0.2, 0) is 11.2 Å². The lowest BCUT2D eigenvalue weighted by atomic mass is 9.99. The molecule has 1 atom stereocenters. The zero-order valence-electron chi connectivity index (χ0n) is 16.6. The first kappa shape index (κ1) is 20.1.